The van der Waals surface area contributed by atoms with Gasteiger partial charge in [0.1, 0.15) is 11.9 Å². The summed E-state index contributed by atoms with van der Waals surface area (Å²) < 4.78 is 23.4. The molecule has 0 aliphatic carbocycles. The number of likely N-dealkylation sites (N-methyl/N-ethyl adjacent to an activating group) is 1. The van der Waals surface area contributed by atoms with Crippen LogP contribution in [0.2, 0.25) is 0 Å². The molecule has 0 radical (unpaired) electrons. The molecule has 3 heterocycles. The lowest BCUT2D eigenvalue weighted by Crippen LogP contribution is -2.43. The van der Waals surface area contributed by atoms with Crippen LogP contribution in [-0.4, -0.2) is 89.1 Å². The van der Waals surface area contributed by atoms with Gasteiger partial charge in [0.2, 0.25) is 5.91 Å². The third-order valence-electron chi connectivity index (χ3n) is 10.7. The molecular formula is C43H48N6O4S. The second-order valence-electron chi connectivity index (χ2n) is 14.1. The summed E-state index contributed by atoms with van der Waals surface area (Å²) in [5, 5.41) is 2.97. The molecule has 1 aromatic heterocycles. The standard InChI is InChI=1S/C43H48N6O4S/c1-3-48(4-2)40(35-9-6-5-7-10-35)43(51)49-24-8-11-39(49)41-44-29-38(46-41)34-18-14-32(15-19-34)33-16-20-36(21-17-33)42(50)45-37-22-12-31(13-23-37)30-47-25-27-54(52,53)28-26-47/h5-7,9-10,12-23,29,39-40H,3-4,8,11,24-28,30H2,1-2H3,(H,44,46)(H,45,50)/t39-,40-/m1/s1. The van der Waals surface area contributed by atoms with Crippen LogP contribution < -0.4 is 5.32 Å². The minimum Gasteiger partial charge on any atom is -0.340 e. The number of nitrogens with zero attached hydrogens (tertiary/aromatic N) is 4. The second-order valence-corrected chi connectivity index (χ2v) is 16.4. The Morgan fingerprint density at radius 1 is 0.833 bits per heavy atom. The fraction of sp³-hybridized carbons (Fsp3) is 0.326. The van der Waals surface area contributed by atoms with Crippen molar-refractivity contribution in [2.45, 2.75) is 45.3 Å². The molecule has 2 N–H and O–H groups in total. The number of anilines is 1. The van der Waals surface area contributed by atoms with E-state index in [4.69, 9.17) is 4.98 Å². The molecule has 2 amide bonds. The van der Waals surface area contributed by atoms with Gasteiger partial charge in [-0.2, -0.15) is 0 Å². The molecule has 7 rings (SSSR count). The number of likely N-dealkylation sites (tertiary alicyclic amines) is 1. The number of H-pyrrole nitrogens is 1. The van der Waals surface area contributed by atoms with Gasteiger partial charge in [0.25, 0.3) is 5.91 Å². The molecule has 5 aromatic rings. The zero-order valence-electron chi connectivity index (χ0n) is 30.9. The van der Waals surface area contributed by atoms with Crippen LogP contribution in [0.4, 0.5) is 5.69 Å². The highest BCUT2D eigenvalue weighted by Gasteiger charge is 2.38. The van der Waals surface area contributed by atoms with Crippen molar-refractivity contribution >= 4 is 27.3 Å². The number of aromatic amines is 1. The van der Waals surface area contributed by atoms with E-state index in [0.29, 0.717) is 37.4 Å². The minimum absolute atomic E-state index is 0.100. The van der Waals surface area contributed by atoms with Crippen molar-refractivity contribution in [1.29, 1.82) is 0 Å². The van der Waals surface area contributed by atoms with E-state index in [1.807, 2.05) is 90.0 Å². The summed E-state index contributed by atoms with van der Waals surface area (Å²) in [6.07, 6.45) is 3.66. The van der Waals surface area contributed by atoms with Gasteiger partial charge in [-0.05, 0) is 78.0 Å². The fourth-order valence-corrected chi connectivity index (χ4v) is 8.85. The van der Waals surface area contributed by atoms with Crippen LogP contribution in [0.25, 0.3) is 22.4 Å². The minimum atomic E-state index is -2.90. The van der Waals surface area contributed by atoms with Crippen LogP contribution in [0.5, 0.6) is 0 Å². The first-order valence-electron chi connectivity index (χ1n) is 18.9. The van der Waals surface area contributed by atoms with E-state index in [1.54, 1.807) is 0 Å². The van der Waals surface area contributed by atoms with Crippen LogP contribution in [-0.2, 0) is 21.2 Å². The van der Waals surface area contributed by atoms with Crippen molar-refractivity contribution in [2.24, 2.45) is 0 Å². The van der Waals surface area contributed by atoms with Crippen LogP contribution in [0.3, 0.4) is 0 Å². The van der Waals surface area contributed by atoms with Gasteiger partial charge in [0.05, 0.1) is 29.4 Å². The highest BCUT2D eigenvalue weighted by molar-refractivity contribution is 7.91. The van der Waals surface area contributed by atoms with E-state index in [1.165, 1.54) is 0 Å². The quantitative estimate of drug-likeness (QED) is 0.142. The van der Waals surface area contributed by atoms with E-state index >= 15 is 0 Å². The Kier molecular flexibility index (Phi) is 11.4. The molecule has 0 bridgehead atoms. The SMILES string of the molecule is CCN(CC)[C@@H](C(=O)N1CCC[C@@H]1c1ncc(-c2ccc(-c3ccc(C(=O)Nc4ccc(CN5CCS(=O)(=O)CC5)cc4)cc3)cc2)[nH]1)c1ccccc1. The normalized spacial score (nSPS) is 17.8. The first-order valence-corrected chi connectivity index (χ1v) is 20.7. The highest BCUT2D eigenvalue weighted by Crippen LogP contribution is 2.36. The molecule has 2 aliphatic rings. The van der Waals surface area contributed by atoms with Crippen molar-refractivity contribution in [3.8, 4) is 22.4 Å². The number of nitrogens with one attached hydrogen (secondary N) is 2. The van der Waals surface area contributed by atoms with E-state index in [-0.39, 0.29) is 35.4 Å². The number of imidazole rings is 1. The summed E-state index contributed by atoms with van der Waals surface area (Å²) in [7, 11) is -2.90. The molecular weight excluding hydrogens is 697 g/mol. The third kappa shape index (κ3) is 8.49. The van der Waals surface area contributed by atoms with Gasteiger partial charge < -0.3 is 15.2 Å². The fourth-order valence-electron chi connectivity index (χ4n) is 7.58. The van der Waals surface area contributed by atoms with Gasteiger partial charge in [-0.25, -0.2) is 13.4 Å². The van der Waals surface area contributed by atoms with Gasteiger partial charge in [-0.3, -0.25) is 19.4 Å². The van der Waals surface area contributed by atoms with Crippen LogP contribution >= 0.6 is 0 Å². The molecule has 280 valence electrons. The van der Waals surface area contributed by atoms with E-state index in [0.717, 1.165) is 65.3 Å². The zero-order chi connectivity index (χ0) is 37.7. The van der Waals surface area contributed by atoms with Crippen molar-refractivity contribution in [2.75, 3.05) is 49.5 Å². The number of rotatable bonds is 12. The Morgan fingerprint density at radius 3 is 2.11 bits per heavy atom. The summed E-state index contributed by atoms with van der Waals surface area (Å²) in [5.74, 6) is 1.16. The predicted octanol–water partition coefficient (Wildman–Crippen LogP) is 6.97. The second kappa shape index (κ2) is 16.5. The summed E-state index contributed by atoms with van der Waals surface area (Å²) >= 11 is 0. The average molecular weight is 745 g/mol. The topological polar surface area (TPSA) is 119 Å². The lowest BCUT2D eigenvalue weighted by atomic mass is 10.0. The van der Waals surface area contributed by atoms with Crippen LogP contribution in [0.1, 0.15) is 66.1 Å². The molecule has 0 saturated carbocycles. The molecule has 10 nitrogen and oxygen atoms in total. The predicted molar refractivity (Wildman–Crippen MR) is 214 cm³/mol. The zero-order valence-corrected chi connectivity index (χ0v) is 31.8. The maximum atomic E-state index is 14.2. The highest BCUT2D eigenvalue weighted by atomic mass is 32.2. The first-order chi connectivity index (χ1) is 26.2. The van der Waals surface area contributed by atoms with Crippen molar-refractivity contribution in [1.82, 2.24) is 24.7 Å². The molecule has 2 fully saturated rings. The van der Waals surface area contributed by atoms with Gasteiger partial charge in [0, 0.05) is 37.4 Å². The summed E-state index contributed by atoms with van der Waals surface area (Å²) in [6.45, 7) is 8.27. The number of benzene rings is 4. The van der Waals surface area contributed by atoms with Crippen molar-refractivity contribution in [3.05, 3.63) is 132 Å². The smallest absolute Gasteiger partial charge is 0.255 e. The molecule has 2 atom stereocenters. The summed E-state index contributed by atoms with van der Waals surface area (Å²) in [4.78, 5) is 41.9. The van der Waals surface area contributed by atoms with E-state index in [9.17, 15) is 18.0 Å². The van der Waals surface area contributed by atoms with E-state index < -0.39 is 9.84 Å². The lowest BCUT2D eigenvalue weighted by Gasteiger charge is -2.34. The Balaban J connectivity index is 0.965. The molecule has 4 aromatic carbocycles. The summed E-state index contributed by atoms with van der Waals surface area (Å²) in [6, 6.07) is 33.2. The number of hydrogen-bond acceptors (Lipinski definition) is 7. The molecule has 2 saturated heterocycles. The lowest BCUT2D eigenvalue weighted by molar-refractivity contribution is -0.138. The third-order valence-corrected chi connectivity index (χ3v) is 12.3. The number of sulfone groups is 1. The van der Waals surface area contributed by atoms with Crippen molar-refractivity contribution < 1.29 is 18.0 Å². The monoisotopic (exact) mass is 744 g/mol. The molecule has 0 unspecified atom stereocenters. The molecule has 11 heteroatoms. The van der Waals surface area contributed by atoms with Gasteiger partial charge >= 0.3 is 0 Å². The van der Waals surface area contributed by atoms with Gasteiger partial charge in [-0.1, -0.05) is 92.7 Å². The Hall–Kier alpha value is -5.10. The number of amides is 2. The number of carbonyl (C=O) groups is 2. The van der Waals surface area contributed by atoms with Gasteiger partial charge in [-0.15, -0.1) is 0 Å². The Labute approximate surface area is 318 Å². The average Bonchev–Trinajstić information content (AvgIpc) is 3.90. The molecule has 2 aliphatic heterocycles. The Morgan fingerprint density at radius 2 is 1.46 bits per heavy atom. The largest absolute Gasteiger partial charge is 0.340 e. The van der Waals surface area contributed by atoms with Crippen LogP contribution in [0.15, 0.2) is 109 Å². The van der Waals surface area contributed by atoms with Crippen molar-refractivity contribution in [3.63, 3.8) is 0 Å². The van der Waals surface area contributed by atoms with E-state index in [2.05, 4.69) is 58.2 Å². The first kappa shape index (κ1) is 37.2. The molecule has 0 spiro atoms. The molecule has 54 heavy (non-hydrogen) atoms. The Bertz CT molecular complexity index is 2130. The van der Waals surface area contributed by atoms with Crippen LogP contribution in [0, 0.1) is 0 Å². The number of aromatic nitrogens is 2. The number of carbonyl (C=O) groups excluding carboxylic acids is 2. The summed E-state index contributed by atoms with van der Waals surface area (Å²) in [5.41, 5.74) is 7.30. The maximum Gasteiger partial charge on any atom is 0.255 e. The number of hydrogen-bond donors (Lipinski definition) is 2. The van der Waals surface area contributed by atoms with Gasteiger partial charge in [0.15, 0.2) is 9.84 Å². The maximum absolute atomic E-state index is 14.2.